The fourth-order valence-corrected chi connectivity index (χ4v) is 3.27. The summed E-state index contributed by atoms with van der Waals surface area (Å²) in [5, 5.41) is 10.6. The van der Waals surface area contributed by atoms with Crippen LogP contribution in [0, 0.1) is 6.92 Å². The molecule has 0 saturated heterocycles. The molecule has 2 N–H and O–H groups in total. The Morgan fingerprint density at radius 1 is 1.41 bits per heavy atom. The molecule has 6 nitrogen and oxygen atoms in total. The lowest BCUT2D eigenvalue weighted by Crippen LogP contribution is -2.30. The number of aromatic nitrogens is 3. The quantitative estimate of drug-likeness (QED) is 0.774. The second-order valence-electron chi connectivity index (χ2n) is 5.15. The topological polar surface area (TPSA) is 71.8 Å². The van der Waals surface area contributed by atoms with Crippen LogP contribution in [0.25, 0.3) is 10.2 Å². The average molecular weight is 315 g/mol. The molecule has 2 heterocycles. The molecule has 22 heavy (non-hydrogen) atoms. The molecule has 0 saturated carbocycles. The first-order chi connectivity index (χ1) is 10.6. The van der Waals surface area contributed by atoms with Crippen molar-refractivity contribution in [1.29, 1.82) is 0 Å². The van der Waals surface area contributed by atoms with Crippen LogP contribution in [0.1, 0.15) is 17.2 Å². The summed E-state index contributed by atoms with van der Waals surface area (Å²) in [5.74, 6) is -0.147. The molecule has 0 radical (unpaired) electrons. The number of benzene rings is 1. The van der Waals surface area contributed by atoms with E-state index in [0.717, 1.165) is 15.8 Å². The summed E-state index contributed by atoms with van der Waals surface area (Å²) in [4.78, 5) is 16.9. The van der Waals surface area contributed by atoms with Gasteiger partial charge in [0.2, 0.25) is 5.91 Å². The van der Waals surface area contributed by atoms with Gasteiger partial charge in [-0.3, -0.25) is 9.48 Å². The Hall–Kier alpha value is -2.25. The SMILES string of the molecule is CNC(C(=O)Nc1nc2ccc(C)cc2s1)c1cnn(C)c1. The summed E-state index contributed by atoms with van der Waals surface area (Å²) in [7, 11) is 3.57. The lowest BCUT2D eigenvalue weighted by molar-refractivity contribution is -0.118. The zero-order valence-electron chi connectivity index (χ0n) is 12.6. The maximum absolute atomic E-state index is 12.5. The van der Waals surface area contributed by atoms with Crippen molar-refractivity contribution >= 4 is 32.6 Å². The van der Waals surface area contributed by atoms with Gasteiger partial charge in [0.1, 0.15) is 6.04 Å². The van der Waals surface area contributed by atoms with Crippen LogP contribution < -0.4 is 10.6 Å². The molecule has 3 aromatic rings. The molecule has 3 rings (SSSR count). The number of likely N-dealkylation sites (N-methyl/N-ethyl adjacent to an activating group) is 1. The number of carbonyl (C=O) groups is 1. The maximum atomic E-state index is 12.5. The third-order valence-corrected chi connectivity index (χ3v) is 4.32. The number of anilines is 1. The average Bonchev–Trinajstić information content (AvgIpc) is 3.05. The Morgan fingerprint density at radius 3 is 2.91 bits per heavy atom. The van der Waals surface area contributed by atoms with E-state index in [1.54, 1.807) is 17.9 Å². The van der Waals surface area contributed by atoms with E-state index < -0.39 is 6.04 Å². The van der Waals surface area contributed by atoms with E-state index in [1.165, 1.54) is 16.9 Å². The van der Waals surface area contributed by atoms with Gasteiger partial charge in [0.15, 0.2) is 5.13 Å². The minimum atomic E-state index is -0.456. The molecule has 0 aliphatic rings. The van der Waals surface area contributed by atoms with Crippen LogP contribution in [0.4, 0.5) is 5.13 Å². The van der Waals surface area contributed by atoms with Crippen molar-refractivity contribution in [1.82, 2.24) is 20.1 Å². The molecule has 1 aromatic carbocycles. The van der Waals surface area contributed by atoms with Gasteiger partial charge in [-0.2, -0.15) is 5.10 Å². The van der Waals surface area contributed by atoms with Crippen LogP contribution >= 0.6 is 11.3 Å². The largest absolute Gasteiger partial charge is 0.305 e. The highest BCUT2D eigenvalue weighted by Gasteiger charge is 2.21. The van der Waals surface area contributed by atoms with Crippen molar-refractivity contribution in [2.24, 2.45) is 7.05 Å². The summed E-state index contributed by atoms with van der Waals surface area (Å²) in [6.07, 6.45) is 3.50. The van der Waals surface area contributed by atoms with Gasteiger partial charge in [-0.25, -0.2) is 4.98 Å². The van der Waals surface area contributed by atoms with E-state index in [1.807, 2.05) is 32.3 Å². The molecule has 114 valence electrons. The number of fused-ring (bicyclic) bond motifs is 1. The molecule has 1 amide bonds. The number of nitrogens with zero attached hydrogens (tertiary/aromatic N) is 3. The fourth-order valence-electron chi connectivity index (χ4n) is 2.30. The Labute approximate surface area is 132 Å². The number of amides is 1. The third-order valence-electron chi connectivity index (χ3n) is 3.38. The first-order valence-electron chi connectivity index (χ1n) is 6.90. The van der Waals surface area contributed by atoms with Gasteiger partial charge >= 0.3 is 0 Å². The highest BCUT2D eigenvalue weighted by atomic mass is 32.1. The summed E-state index contributed by atoms with van der Waals surface area (Å²) in [6, 6.07) is 5.59. The molecule has 0 bridgehead atoms. The van der Waals surface area contributed by atoms with E-state index >= 15 is 0 Å². The number of rotatable bonds is 4. The van der Waals surface area contributed by atoms with Crippen LogP contribution in [-0.2, 0) is 11.8 Å². The molecule has 7 heteroatoms. The van der Waals surface area contributed by atoms with Crippen molar-refractivity contribution < 1.29 is 4.79 Å². The summed E-state index contributed by atoms with van der Waals surface area (Å²) in [5.41, 5.74) is 2.89. The van der Waals surface area contributed by atoms with Gasteiger partial charge in [-0.15, -0.1) is 0 Å². The molecule has 0 aliphatic heterocycles. The summed E-state index contributed by atoms with van der Waals surface area (Å²) in [6.45, 7) is 2.04. The Kier molecular flexibility index (Phi) is 3.91. The van der Waals surface area contributed by atoms with Gasteiger partial charge in [-0.05, 0) is 31.7 Å². The highest BCUT2D eigenvalue weighted by Crippen LogP contribution is 2.27. The predicted molar refractivity (Wildman–Crippen MR) is 88.0 cm³/mol. The lowest BCUT2D eigenvalue weighted by atomic mass is 10.1. The van der Waals surface area contributed by atoms with Gasteiger partial charge in [0.25, 0.3) is 0 Å². The number of hydrogen-bond donors (Lipinski definition) is 2. The predicted octanol–water partition coefficient (Wildman–Crippen LogP) is 2.24. The van der Waals surface area contributed by atoms with Crippen LogP contribution in [-0.4, -0.2) is 27.7 Å². The second-order valence-corrected chi connectivity index (χ2v) is 6.18. The maximum Gasteiger partial charge on any atom is 0.247 e. The minimum Gasteiger partial charge on any atom is -0.305 e. The van der Waals surface area contributed by atoms with E-state index in [-0.39, 0.29) is 5.91 Å². The van der Waals surface area contributed by atoms with Gasteiger partial charge in [0, 0.05) is 18.8 Å². The molecule has 2 aromatic heterocycles. The first-order valence-corrected chi connectivity index (χ1v) is 7.72. The molecule has 1 atom stereocenters. The van der Waals surface area contributed by atoms with Crippen molar-refractivity contribution in [2.45, 2.75) is 13.0 Å². The van der Waals surface area contributed by atoms with Crippen molar-refractivity contribution in [3.8, 4) is 0 Å². The highest BCUT2D eigenvalue weighted by molar-refractivity contribution is 7.22. The van der Waals surface area contributed by atoms with Gasteiger partial charge in [-0.1, -0.05) is 17.4 Å². The minimum absolute atomic E-state index is 0.147. The van der Waals surface area contributed by atoms with Crippen LogP contribution in [0.5, 0.6) is 0 Å². The van der Waals surface area contributed by atoms with Crippen molar-refractivity contribution in [2.75, 3.05) is 12.4 Å². The van der Waals surface area contributed by atoms with Crippen LogP contribution in [0.15, 0.2) is 30.6 Å². The smallest absolute Gasteiger partial charge is 0.247 e. The molecule has 1 unspecified atom stereocenters. The third kappa shape index (κ3) is 2.86. The zero-order chi connectivity index (χ0) is 15.7. The molecular formula is C15H17N5OS. The van der Waals surface area contributed by atoms with E-state index in [9.17, 15) is 4.79 Å². The van der Waals surface area contributed by atoms with Crippen molar-refractivity contribution in [3.63, 3.8) is 0 Å². The van der Waals surface area contributed by atoms with Crippen molar-refractivity contribution in [3.05, 3.63) is 41.7 Å². The van der Waals surface area contributed by atoms with E-state index in [0.29, 0.717) is 5.13 Å². The molecule has 0 spiro atoms. The Bertz CT molecular complexity index is 822. The number of carbonyl (C=O) groups excluding carboxylic acids is 1. The number of hydrogen-bond acceptors (Lipinski definition) is 5. The zero-order valence-corrected chi connectivity index (χ0v) is 13.4. The van der Waals surface area contributed by atoms with E-state index in [2.05, 4.69) is 26.8 Å². The first kappa shape index (κ1) is 14.7. The Balaban J connectivity index is 1.82. The number of thiazole rings is 1. The van der Waals surface area contributed by atoms with Gasteiger partial charge in [0.05, 0.1) is 16.4 Å². The standard InChI is InChI=1S/C15H17N5OS/c1-9-4-5-11-12(6-9)22-15(18-11)19-14(21)13(16-2)10-7-17-20(3)8-10/h4-8,13,16H,1-3H3,(H,18,19,21). The summed E-state index contributed by atoms with van der Waals surface area (Å²) < 4.78 is 2.74. The molecule has 0 aliphatic carbocycles. The van der Waals surface area contributed by atoms with Crippen LogP contribution in [0.3, 0.4) is 0 Å². The normalized spacial score (nSPS) is 12.5. The van der Waals surface area contributed by atoms with Crippen LogP contribution in [0.2, 0.25) is 0 Å². The monoisotopic (exact) mass is 315 g/mol. The summed E-state index contributed by atoms with van der Waals surface area (Å²) >= 11 is 1.48. The Morgan fingerprint density at radius 2 is 2.23 bits per heavy atom. The van der Waals surface area contributed by atoms with E-state index in [4.69, 9.17) is 0 Å². The van der Waals surface area contributed by atoms with Gasteiger partial charge < -0.3 is 10.6 Å². The lowest BCUT2D eigenvalue weighted by Gasteiger charge is -2.12. The fraction of sp³-hybridized carbons (Fsp3) is 0.267. The number of aryl methyl sites for hydroxylation is 2. The second kappa shape index (κ2) is 5.86. The molecule has 0 fully saturated rings. The number of nitrogens with one attached hydrogen (secondary N) is 2. The molecular weight excluding hydrogens is 298 g/mol.